The van der Waals surface area contributed by atoms with Crippen molar-refractivity contribution in [2.75, 3.05) is 19.6 Å². The number of hydrogen-bond donors (Lipinski definition) is 1. The van der Waals surface area contributed by atoms with Crippen molar-refractivity contribution in [2.45, 2.75) is 97.3 Å². The topological polar surface area (TPSA) is 4.44 Å². The first-order valence-electron chi connectivity index (χ1n) is 9.70. The van der Waals surface area contributed by atoms with Crippen LogP contribution in [-0.2, 0) is 0 Å². The lowest BCUT2D eigenvalue weighted by molar-refractivity contribution is -0.906. The normalized spacial score (nSPS) is 22.0. The van der Waals surface area contributed by atoms with Crippen molar-refractivity contribution in [1.29, 1.82) is 0 Å². The summed E-state index contributed by atoms with van der Waals surface area (Å²) in [6.07, 6.45) is 19.0. The van der Waals surface area contributed by atoms with Crippen LogP contribution in [0.15, 0.2) is 0 Å². The highest BCUT2D eigenvalue weighted by Crippen LogP contribution is 2.15. The van der Waals surface area contributed by atoms with Crippen molar-refractivity contribution in [1.82, 2.24) is 0 Å². The van der Waals surface area contributed by atoms with E-state index in [-0.39, 0.29) is 4.70 Å². The fourth-order valence-corrected chi connectivity index (χ4v) is 3.72. The summed E-state index contributed by atoms with van der Waals surface area (Å²) >= 11 is 0. The minimum Gasteiger partial charge on any atom is -1.00 e. The van der Waals surface area contributed by atoms with Gasteiger partial charge in [0, 0.05) is 0 Å². The van der Waals surface area contributed by atoms with E-state index in [2.05, 4.69) is 13.8 Å². The third-order valence-electron chi connectivity index (χ3n) is 5.14. The van der Waals surface area contributed by atoms with Crippen molar-refractivity contribution in [2.24, 2.45) is 5.92 Å². The third-order valence-corrected chi connectivity index (χ3v) is 5.14. The molecule has 1 N–H and O–H groups in total. The van der Waals surface area contributed by atoms with E-state index in [1.54, 1.807) is 0 Å². The van der Waals surface area contributed by atoms with Gasteiger partial charge in [-0.15, -0.1) is 0 Å². The van der Waals surface area contributed by atoms with Gasteiger partial charge in [0.1, 0.15) is 0 Å². The number of rotatable bonds is 12. The summed E-state index contributed by atoms with van der Waals surface area (Å²) in [5, 5.41) is 0. The van der Waals surface area contributed by atoms with Crippen molar-refractivity contribution < 1.29 is 9.60 Å². The van der Waals surface area contributed by atoms with Gasteiger partial charge in [0.2, 0.25) is 0 Å². The minimum absolute atomic E-state index is 0. The Hall–Kier alpha value is -0.110. The SMILES string of the molecule is CCCCCCCCCCC[NH+]1CCC(CCC)CC1.[F-]. The predicted octanol–water partition coefficient (Wildman–Crippen LogP) is 1.62. The molecule has 0 atom stereocenters. The van der Waals surface area contributed by atoms with Gasteiger partial charge in [0.25, 0.3) is 0 Å². The Morgan fingerprint density at radius 3 is 1.76 bits per heavy atom. The Balaban J connectivity index is 0.00000400. The highest BCUT2D eigenvalue weighted by molar-refractivity contribution is 4.61. The smallest absolute Gasteiger partial charge is 0.0773 e. The first kappa shape index (κ1) is 20.9. The van der Waals surface area contributed by atoms with Crippen LogP contribution in [0, 0.1) is 5.92 Å². The average Bonchev–Trinajstić information content (AvgIpc) is 2.47. The van der Waals surface area contributed by atoms with Crippen LogP contribution in [0.4, 0.5) is 0 Å². The fraction of sp³-hybridized carbons (Fsp3) is 1.00. The Morgan fingerprint density at radius 1 is 0.714 bits per heavy atom. The second kappa shape index (κ2) is 14.8. The standard InChI is InChI=1S/C19H39N.FH/c1-3-5-6-7-8-9-10-11-12-16-20-17-14-19(13-4-2)15-18-20;/h19H,3-18H2,1-2H3;1H. The van der Waals surface area contributed by atoms with E-state index in [1.807, 2.05) is 4.90 Å². The summed E-state index contributed by atoms with van der Waals surface area (Å²) in [5.74, 6) is 1.06. The van der Waals surface area contributed by atoms with Crippen molar-refractivity contribution in [3.63, 3.8) is 0 Å². The Morgan fingerprint density at radius 2 is 1.24 bits per heavy atom. The van der Waals surface area contributed by atoms with Gasteiger partial charge in [-0.25, -0.2) is 0 Å². The number of likely N-dealkylation sites (tertiary alicyclic amines) is 1. The highest BCUT2D eigenvalue weighted by Gasteiger charge is 2.20. The second-order valence-electron chi connectivity index (χ2n) is 7.06. The molecule has 0 aliphatic carbocycles. The van der Waals surface area contributed by atoms with Crippen LogP contribution in [0.5, 0.6) is 0 Å². The summed E-state index contributed by atoms with van der Waals surface area (Å²) in [4.78, 5) is 1.90. The fourth-order valence-electron chi connectivity index (χ4n) is 3.72. The molecular formula is C19H40FN. The molecule has 21 heavy (non-hydrogen) atoms. The number of piperidine rings is 1. The Kier molecular flexibility index (Phi) is 14.7. The minimum atomic E-state index is 0. The van der Waals surface area contributed by atoms with Crippen LogP contribution in [0.2, 0.25) is 0 Å². The first-order chi connectivity index (χ1) is 9.86. The number of hydrogen-bond acceptors (Lipinski definition) is 0. The van der Waals surface area contributed by atoms with Gasteiger partial charge in [-0.3, -0.25) is 0 Å². The van der Waals surface area contributed by atoms with Crippen LogP contribution in [0.1, 0.15) is 97.3 Å². The zero-order valence-corrected chi connectivity index (χ0v) is 14.8. The molecule has 0 radical (unpaired) electrons. The van der Waals surface area contributed by atoms with Gasteiger partial charge in [-0.05, 0) is 31.6 Å². The summed E-state index contributed by atoms with van der Waals surface area (Å²) < 4.78 is 0. The zero-order valence-electron chi connectivity index (χ0n) is 14.8. The Labute approximate surface area is 133 Å². The molecule has 1 saturated heterocycles. The van der Waals surface area contributed by atoms with E-state index in [9.17, 15) is 0 Å². The van der Waals surface area contributed by atoms with E-state index in [0.717, 1.165) is 5.92 Å². The molecule has 0 aromatic heterocycles. The van der Waals surface area contributed by atoms with Crippen molar-refractivity contribution in [3.05, 3.63) is 0 Å². The van der Waals surface area contributed by atoms with E-state index < -0.39 is 0 Å². The van der Waals surface area contributed by atoms with Gasteiger partial charge >= 0.3 is 0 Å². The van der Waals surface area contributed by atoms with Crippen molar-refractivity contribution >= 4 is 0 Å². The number of quaternary nitrogens is 1. The van der Waals surface area contributed by atoms with Crippen LogP contribution in [0.3, 0.4) is 0 Å². The molecule has 1 aliphatic rings. The maximum absolute atomic E-state index is 2.33. The van der Waals surface area contributed by atoms with Crippen molar-refractivity contribution in [3.8, 4) is 0 Å². The third kappa shape index (κ3) is 11.2. The highest BCUT2D eigenvalue weighted by atomic mass is 19.0. The number of unbranched alkanes of at least 4 members (excludes halogenated alkanes) is 8. The summed E-state index contributed by atoms with van der Waals surface area (Å²) in [6.45, 7) is 9.01. The van der Waals surface area contributed by atoms with E-state index in [4.69, 9.17) is 0 Å². The molecule has 1 aliphatic heterocycles. The molecule has 0 bridgehead atoms. The lowest BCUT2D eigenvalue weighted by atomic mass is 9.92. The Bertz CT molecular complexity index is 200. The lowest BCUT2D eigenvalue weighted by Gasteiger charge is -2.29. The molecule has 1 rings (SSSR count). The van der Waals surface area contributed by atoms with Gasteiger partial charge in [-0.1, -0.05) is 71.6 Å². The molecule has 1 fully saturated rings. The predicted molar refractivity (Wildman–Crippen MR) is 90.4 cm³/mol. The van der Waals surface area contributed by atoms with Gasteiger partial charge < -0.3 is 9.60 Å². The number of nitrogens with one attached hydrogen (secondary N) is 1. The summed E-state index contributed by atoms with van der Waals surface area (Å²) in [6, 6.07) is 0. The molecule has 0 aromatic carbocycles. The molecule has 1 nitrogen and oxygen atoms in total. The summed E-state index contributed by atoms with van der Waals surface area (Å²) in [7, 11) is 0. The van der Waals surface area contributed by atoms with Gasteiger partial charge in [0.15, 0.2) is 0 Å². The van der Waals surface area contributed by atoms with Crippen LogP contribution < -0.4 is 9.60 Å². The monoisotopic (exact) mass is 301 g/mol. The lowest BCUT2D eigenvalue weighted by Crippen LogP contribution is -3.13. The maximum atomic E-state index is 2.33. The zero-order chi connectivity index (χ0) is 14.5. The summed E-state index contributed by atoms with van der Waals surface area (Å²) in [5.41, 5.74) is 0. The molecule has 0 aromatic rings. The molecule has 0 spiro atoms. The van der Waals surface area contributed by atoms with E-state index in [0.29, 0.717) is 0 Å². The van der Waals surface area contributed by atoms with Crippen LogP contribution in [-0.4, -0.2) is 19.6 Å². The van der Waals surface area contributed by atoms with Crippen LogP contribution >= 0.6 is 0 Å². The quantitative estimate of drug-likeness (QED) is 0.523. The molecule has 0 saturated carbocycles. The van der Waals surface area contributed by atoms with Gasteiger partial charge in [0.05, 0.1) is 19.6 Å². The molecule has 0 unspecified atom stereocenters. The van der Waals surface area contributed by atoms with Gasteiger partial charge in [-0.2, -0.15) is 0 Å². The van der Waals surface area contributed by atoms with E-state index >= 15 is 0 Å². The van der Waals surface area contributed by atoms with Crippen LogP contribution in [0.25, 0.3) is 0 Å². The largest absolute Gasteiger partial charge is 1.00 e. The molecule has 128 valence electrons. The second-order valence-corrected chi connectivity index (χ2v) is 7.06. The molecule has 1 heterocycles. The maximum Gasteiger partial charge on any atom is 0.0773 e. The molecular weight excluding hydrogens is 261 g/mol. The molecule has 0 amide bonds. The average molecular weight is 302 g/mol. The first-order valence-corrected chi connectivity index (χ1v) is 9.70. The van der Waals surface area contributed by atoms with E-state index in [1.165, 1.54) is 103 Å². The molecule has 2 heteroatoms. The number of halogens is 1.